The van der Waals surface area contributed by atoms with Crippen LogP contribution in [-0.2, 0) is 21.5 Å². The van der Waals surface area contributed by atoms with Crippen molar-refractivity contribution < 1.29 is 18.8 Å². The summed E-state index contributed by atoms with van der Waals surface area (Å²) in [6, 6.07) is 11.8. The maximum atomic E-state index is 13.5. The highest BCUT2D eigenvalue weighted by Crippen LogP contribution is 2.47. The summed E-state index contributed by atoms with van der Waals surface area (Å²) >= 11 is 6.40. The average Bonchev–Trinajstić information content (AvgIpc) is 3.05. The largest absolute Gasteiger partial charge is 0.490 e. The second kappa shape index (κ2) is 11.1. The molecule has 2 aliphatic carbocycles. The molecule has 7 atom stereocenters. The molecule has 222 valence electrons. The van der Waals surface area contributed by atoms with Crippen molar-refractivity contribution >= 4 is 38.8 Å². The van der Waals surface area contributed by atoms with E-state index in [4.69, 9.17) is 16.3 Å². The molecule has 1 spiro atoms. The lowest BCUT2D eigenvalue weighted by Crippen LogP contribution is -2.49. The van der Waals surface area contributed by atoms with Crippen molar-refractivity contribution in [3.05, 3.63) is 58.1 Å². The molecule has 2 bridgehead atoms. The molecule has 41 heavy (non-hydrogen) atoms. The molecule has 2 heterocycles. The van der Waals surface area contributed by atoms with Crippen molar-refractivity contribution in [2.75, 3.05) is 24.6 Å². The quantitative estimate of drug-likeness (QED) is 0.377. The fourth-order valence-electron chi connectivity index (χ4n) is 7.60. The van der Waals surface area contributed by atoms with Crippen LogP contribution in [0.4, 0.5) is 5.69 Å². The van der Waals surface area contributed by atoms with Crippen LogP contribution in [0.3, 0.4) is 0 Å². The maximum Gasteiger partial charge on any atom is 0.262 e. The Morgan fingerprint density at radius 2 is 1.98 bits per heavy atom. The van der Waals surface area contributed by atoms with Gasteiger partial charge in [-0.25, -0.2) is 4.21 Å². The number of aliphatic hydroxyl groups is 1. The number of halogens is 1. The fourth-order valence-corrected chi connectivity index (χ4v) is 8.94. The number of hydrogen-bond acceptors (Lipinski definition) is 5. The predicted molar refractivity (Wildman–Crippen MR) is 168 cm³/mol. The van der Waals surface area contributed by atoms with E-state index < -0.39 is 9.71 Å². The molecule has 1 unspecified atom stereocenters. The molecule has 2 N–H and O–H groups in total. The van der Waals surface area contributed by atoms with Gasteiger partial charge in [0.25, 0.3) is 5.91 Å². The predicted octanol–water partition coefficient (Wildman–Crippen LogP) is 5.77. The maximum absolute atomic E-state index is 13.5. The molecule has 4 aliphatic rings. The number of nitrogens with one attached hydrogen (secondary N) is 1. The van der Waals surface area contributed by atoms with Gasteiger partial charge in [0, 0.05) is 34.3 Å². The summed E-state index contributed by atoms with van der Waals surface area (Å²) in [4.78, 5) is 15.8. The van der Waals surface area contributed by atoms with Gasteiger partial charge in [-0.1, -0.05) is 24.6 Å². The number of aliphatic hydroxyl groups excluding tert-OH is 1. The first kappa shape index (κ1) is 28.9. The summed E-state index contributed by atoms with van der Waals surface area (Å²) in [5.74, 6) is 5.25. The van der Waals surface area contributed by atoms with Crippen molar-refractivity contribution in [1.82, 2.24) is 4.72 Å². The van der Waals surface area contributed by atoms with E-state index >= 15 is 0 Å². The normalized spacial score (nSPS) is 35.8. The van der Waals surface area contributed by atoms with E-state index in [1.165, 1.54) is 11.1 Å². The van der Waals surface area contributed by atoms with Gasteiger partial charge in [-0.2, -0.15) is 0 Å². The standard InChI is InChI=1S/C33H43ClN2O4S/c1-21-6-7-22(2)41(3,39)35-32(38)24-9-13-31-29(17-24)36(18-25-8-11-27(25)30(37)15-21)19-33(20-40-31)14-4-5-23-16-26(34)10-12-28(23)33/h9-10,12-13,16-17,21-22,25,27,30,37H,3-8,11,14-15,18-20H2,1-2H3,(H,35,38,39)/t21-,22+,25-,27+,30+,33-,41?/m0/s1. The van der Waals surface area contributed by atoms with Gasteiger partial charge >= 0.3 is 0 Å². The highest BCUT2D eigenvalue weighted by atomic mass is 35.5. The van der Waals surface area contributed by atoms with Crippen molar-refractivity contribution in [2.45, 2.75) is 82.0 Å². The summed E-state index contributed by atoms with van der Waals surface area (Å²) < 4.78 is 22.8. The molecular formula is C33H43ClN2O4S. The summed E-state index contributed by atoms with van der Waals surface area (Å²) in [5, 5.41) is 11.8. The molecule has 6 rings (SSSR count). The van der Waals surface area contributed by atoms with E-state index in [1.807, 2.05) is 25.1 Å². The number of carbonyl (C=O) groups excluding carboxylic acids is 1. The molecule has 1 amide bonds. The average molecular weight is 599 g/mol. The number of fused-ring (bicyclic) bond motifs is 4. The van der Waals surface area contributed by atoms with Gasteiger partial charge in [0.2, 0.25) is 0 Å². The molecule has 0 aromatic heterocycles. The first-order valence-corrected chi connectivity index (χ1v) is 17.4. The Hall–Kier alpha value is -2.22. The Kier molecular flexibility index (Phi) is 7.84. The zero-order valence-corrected chi connectivity index (χ0v) is 25.8. The number of ether oxygens (including phenoxy) is 1. The van der Waals surface area contributed by atoms with Crippen LogP contribution >= 0.6 is 11.6 Å². The number of carbonyl (C=O) groups is 1. The van der Waals surface area contributed by atoms with E-state index in [1.54, 1.807) is 6.07 Å². The Morgan fingerprint density at radius 1 is 1.15 bits per heavy atom. The highest BCUT2D eigenvalue weighted by molar-refractivity contribution is 7.99. The number of hydrogen-bond donors (Lipinski definition) is 2. The molecule has 6 nitrogen and oxygen atoms in total. The van der Waals surface area contributed by atoms with Crippen LogP contribution in [0.25, 0.3) is 0 Å². The Morgan fingerprint density at radius 3 is 2.76 bits per heavy atom. The zero-order chi connectivity index (χ0) is 28.9. The van der Waals surface area contributed by atoms with Crippen LogP contribution in [0.5, 0.6) is 5.75 Å². The molecule has 2 aromatic rings. The topological polar surface area (TPSA) is 78.9 Å². The Labute approximate surface area is 249 Å². The van der Waals surface area contributed by atoms with E-state index in [9.17, 15) is 14.1 Å². The lowest BCUT2D eigenvalue weighted by molar-refractivity contribution is 0.00130. The molecule has 0 radical (unpaired) electrons. The summed E-state index contributed by atoms with van der Waals surface area (Å²) in [6.45, 7) is 6.17. The highest BCUT2D eigenvalue weighted by Gasteiger charge is 2.44. The second-order valence-electron chi connectivity index (χ2n) is 13.2. The van der Waals surface area contributed by atoms with Crippen LogP contribution in [0.1, 0.15) is 80.3 Å². The minimum atomic E-state index is -2.85. The number of benzene rings is 2. The Balaban J connectivity index is 1.41. The molecule has 2 aliphatic heterocycles. The molecule has 1 saturated carbocycles. The molecule has 8 heteroatoms. The van der Waals surface area contributed by atoms with Gasteiger partial charge < -0.3 is 14.7 Å². The van der Waals surface area contributed by atoms with Crippen LogP contribution in [-0.4, -0.2) is 52.1 Å². The van der Waals surface area contributed by atoms with E-state index in [-0.39, 0.29) is 28.6 Å². The number of rotatable bonds is 0. The third-order valence-electron chi connectivity index (χ3n) is 10.4. The second-order valence-corrected chi connectivity index (χ2v) is 16.1. The van der Waals surface area contributed by atoms with Crippen molar-refractivity contribution in [1.29, 1.82) is 0 Å². The summed E-state index contributed by atoms with van der Waals surface area (Å²) in [6.07, 6.45) is 7.11. The SMILES string of the molecule is C=S1(=O)NC(=O)c2ccc3c(c2)N(C[C@@H]2CC[C@H]2[C@H](O)C[C@@H](C)CC[C@H]1C)C[C@@]1(CCCc2cc(Cl)ccc21)CO3. The van der Waals surface area contributed by atoms with Gasteiger partial charge in [0.15, 0.2) is 0 Å². The van der Waals surface area contributed by atoms with Gasteiger partial charge in [0.05, 0.1) is 28.1 Å². The van der Waals surface area contributed by atoms with Crippen LogP contribution in [0, 0.1) is 17.8 Å². The summed E-state index contributed by atoms with van der Waals surface area (Å²) in [7, 11) is -2.85. The van der Waals surface area contributed by atoms with E-state index in [0.717, 1.165) is 74.5 Å². The molecule has 2 aromatic carbocycles. The minimum Gasteiger partial charge on any atom is -0.490 e. The summed E-state index contributed by atoms with van der Waals surface area (Å²) in [5.41, 5.74) is 3.73. The van der Waals surface area contributed by atoms with Gasteiger partial charge in [-0.3, -0.25) is 9.52 Å². The van der Waals surface area contributed by atoms with Crippen molar-refractivity contribution in [3.63, 3.8) is 0 Å². The smallest absolute Gasteiger partial charge is 0.262 e. The van der Waals surface area contributed by atoms with Crippen molar-refractivity contribution in [3.8, 4) is 5.75 Å². The number of amides is 1. The van der Waals surface area contributed by atoms with Crippen LogP contribution < -0.4 is 14.4 Å². The van der Waals surface area contributed by atoms with E-state index in [0.29, 0.717) is 30.4 Å². The number of anilines is 1. The third kappa shape index (κ3) is 5.62. The van der Waals surface area contributed by atoms with Crippen molar-refractivity contribution in [2.24, 2.45) is 17.8 Å². The van der Waals surface area contributed by atoms with Gasteiger partial charge in [-0.05, 0) is 123 Å². The lowest BCUT2D eigenvalue weighted by Gasteiger charge is -2.46. The monoisotopic (exact) mass is 598 g/mol. The minimum absolute atomic E-state index is 0.204. The van der Waals surface area contributed by atoms with Gasteiger partial charge in [-0.15, -0.1) is 0 Å². The fraction of sp³-hybridized carbons (Fsp3) is 0.576. The van der Waals surface area contributed by atoms with Crippen LogP contribution in [0.15, 0.2) is 36.4 Å². The third-order valence-corrected chi connectivity index (χ3v) is 12.7. The lowest BCUT2D eigenvalue weighted by atomic mass is 9.67. The zero-order valence-electron chi connectivity index (χ0n) is 24.2. The molecule has 0 saturated heterocycles. The number of nitrogens with zero attached hydrogens (tertiary/aromatic N) is 1. The van der Waals surface area contributed by atoms with Crippen LogP contribution in [0.2, 0.25) is 5.02 Å². The van der Waals surface area contributed by atoms with Gasteiger partial charge in [0.1, 0.15) is 5.75 Å². The first-order chi connectivity index (χ1) is 19.5. The number of aryl methyl sites for hydroxylation is 1. The van der Waals surface area contributed by atoms with E-state index in [2.05, 4.69) is 34.5 Å². The first-order valence-electron chi connectivity index (χ1n) is 15.2. The molecule has 1 fully saturated rings. The Bertz CT molecular complexity index is 1430. The molecular weight excluding hydrogens is 556 g/mol.